The minimum absolute atomic E-state index is 0.207. The van der Waals surface area contributed by atoms with Crippen LogP contribution in [0, 0.1) is 0 Å². The lowest BCUT2D eigenvalue weighted by molar-refractivity contribution is -0.140. The summed E-state index contributed by atoms with van der Waals surface area (Å²) in [6.07, 6.45) is 4.49. The van der Waals surface area contributed by atoms with Crippen LogP contribution in [-0.4, -0.2) is 23.0 Å². The van der Waals surface area contributed by atoms with Crippen molar-refractivity contribution in [1.29, 1.82) is 0 Å². The molecule has 0 amide bonds. The van der Waals surface area contributed by atoms with Crippen LogP contribution in [0.2, 0.25) is 0 Å². The number of pyridine rings is 1. The van der Waals surface area contributed by atoms with E-state index in [2.05, 4.69) is 14.7 Å². The van der Waals surface area contributed by atoms with Gasteiger partial charge in [-0.15, -0.1) is 11.3 Å². The first kappa shape index (κ1) is 11.7. The largest absolute Gasteiger partial charge is 0.469 e. The highest BCUT2D eigenvalue weighted by Gasteiger charge is 2.07. The lowest BCUT2D eigenvalue weighted by Gasteiger charge is -1.96. The number of aromatic nitrogens is 2. The second-order valence-electron chi connectivity index (χ2n) is 3.46. The number of esters is 1. The Kier molecular flexibility index (Phi) is 3.82. The summed E-state index contributed by atoms with van der Waals surface area (Å²) in [6.45, 7) is 0. The van der Waals surface area contributed by atoms with Gasteiger partial charge in [-0.05, 0) is 12.1 Å². The third kappa shape index (κ3) is 3.10. The molecule has 5 heteroatoms. The van der Waals surface area contributed by atoms with Gasteiger partial charge >= 0.3 is 5.97 Å². The first-order chi connectivity index (χ1) is 8.29. The molecule has 0 bridgehead atoms. The molecule has 17 heavy (non-hydrogen) atoms. The van der Waals surface area contributed by atoms with Crippen LogP contribution in [-0.2, 0) is 16.0 Å². The SMILES string of the molecule is COC(=O)CCc1csc(-c2cccnc2)n1. The average molecular weight is 248 g/mol. The summed E-state index contributed by atoms with van der Waals surface area (Å²) in [4.78, 5) is 19.5. The summed E-state index contributed by atoms with van der Waals surface area (Å²) >= 11 is 1.56. The van der Waals surface area contributed by atoms with Gasteiger partial charge in [-0.2, -0.15) is 0 Å². The molecule has 0 saturated carbocycles. The number of methoxy groups -OCH3 is 1. The maximum Gasteiger partial charge on any atom is 0.305 e. The molecule has 0 radical (unpaired) electrons. The molecule has 2 aromatic heterocycles. The fourth-order valence-electron chi connectivity index (χ4n) is 1.38. The summed E-state index contributed by atoms with van der Waals surface area (Å²) in [5.74, 6) is -0.207. The molecular formula is C12H12N2O2S. The highest BCUT2D eigenvalue weighted by molar-refractivity contribution is 7.13. The number of hydrogen-bond acceptors (Lipinski definition) is 5. The van der Waals surface area contributed by atoms with Gasteiger partial charge in [-0.1, -0.05) is 0 Å². The minimum atomic E-state index is -0.207. The number of thiazole rings is 1. The number of nitrogens with zero attached hydrogens (tertiary/aromatic N) is 2. The summed E-state index contributed by atoms with van der Waals surface area (Å²) in [5, 5.41) is 2.89. The Morgan fingerprint density at radius 2 is 2.41 bits per heavy atom. The van der Waals surface area contributed by atoms with Crippen molar-refractivity contribution in [3.05, 3.63) is 35.6 Å². The highest BCUT2D eigenvalue weighted by Crippen LogP contribution is 2.23. The third-order valence-electron chi connectivity index (χ3n) is 2.27. The van der Waals surface area contributed by atoms with E-state index in [0.717, 1.165) is 16.3 Å². The summed E-state index contributed by atoms with van der Waals surface area (Å²) in [7, 11) is 1.39. The van der Waals surface area contributed by atoms with Crippen LogP contribution in [0.3, 0.4) is 0 Å². The molecule has 0 aliphatic rings. The average Bonchev–Trinajstić information content (AvgIpc) is 2.86. The van der Waals surface area contributed by atoms with Crippen molar-refractivity contribution < 1.29 is 9.53 Å². The fourth-order valence-corrected chi connectivity index (χ4v) is 2.22. The molecule has 0 aliphatic carbocycles. The van der Waals surface area contributed by atoms with Crippen LogP contribution < -0.4 is 0 Å². The van der Waals surface area contributed by atoms with Crippen molar-refractivity contribution in [2.24, 2.45) is 0 Å². The summed E-state index contributed by atoms with van der Waals surface area (Å²) < 4.78 is 4.59. The van der Waals surface area contributed by atoms with Gasteiger partial charge in [0.1, 0.15) is 5.01 Å². The Morgan fingerprint density at radius 1 is 1.53 bits per heavy atom. The smallest absolute Gasteiger partial charge is 0.305 e. The summed E-state index contributed by atoms with van der Waals surface area (Å²) in [5.41, 5.74) is 1.92. The van der Waals surface area contributed by atoms with Crippen LogP contribution in [0.15, 0.2) is 29.9 Å². The van der Waals surface area contributed by atoms with Crippen molar-refractivity contribution in [2.75, 3.05) is 7.11 Å². The predicted molar refractivity (Wildman–Crippen MR) is 65.7 cm³/mol. The number of rotatable bonds is 4. The van der Waals surface area contributed by atoms with Gasteiger partial charge in [0.25, 0.3) is 0 Å². The lowest BCUT2D eigenvalue weighted by atomic mass is 10.2. The molecule has 2 aromatic rings. The normalized spacial score (nSPS) is 10.2. The molecular weight excluding hydrogens is 236 g/mol. The van der Waals surface area contributed by atoms with Gasteiger partial charge in [0.05, 0.1) is 19.2 Å². The van der Waals surface area contributed by atoms with E-state index >= 15 is 0 Å². The number of carbonyl (C=O) groups excluding carboxylic acids is 1. The zero-order valence-electron chi connectivity index (χ0n) is 9.42. The fraction of sp³-hybridized carbons (Fsp3) is 0.250. The van der Waals surface area contributed by atoms with E-state index in [-0.39, 0.29) is 5.97 Å². The van der Waals surface area contributed by atoms with Gasteiger partial charge in [-0.3, -0.25) is 9.78 Å². The van der Waals surface area contributed by atoms with Crippen molar-refractivity contribution in [3.8, 4) is 10.6 Å². The van der Waals surface area contributed by atoms with E-state index < -0.39 is 0 Å². The third-order valence-corrected chi connectivity index (χ3v) is 3.21. The maximum atomic E-state index is 11.0. The molecule has 0 spiro atoms. The van der Waals surface area contributed by atoms with Gasteiger partial charge in [-0.25, -0.2) is 4.98 Å². The van der Waals surface area contributed by atoms with Crippen LogP contribution in [0.4, 0.5) is 0 Å². The Bertz CT molecular complexity index is 496. The second-order valence-corrected chi connectivity index (χ2v) is 4.32. The summed E-state index contributed by atoms with van der Waals surface area (Å²) in [6, 6.07) is 3.85. The number of carbonyl (C=O) groups is 1. The van der Waals surface area contributed by atoms with Crippen LogP contribution in [0.5, 0.6) is 0 Å². The Balaban J connectivity index is 2.04. The molecule has 0 saturated heterocycles. The van der Waals surface area contributed by atoms with Gasteiger partial charge in [0.15, 0.2) is 0 Å². The molecule has 0 N–H and O–H groups in total. The Morgan fingerprint density at radius 3 is 3.12 bits per heavy atom. The first-order valence-electron chi connectivity index (χ1n) is 5.21. The van der Waals surface area contributed by atoms with Crippen molar-refractivity contribution in [2.45, 2.75) is 12.8 Å². The lowest BCUT2D eigenvalue weighted by Crippen LogP contribution is -2.01. The first-order valence-corrected chi connectivity index (χ1v) is 6.09. The zero-order valence-corrected chi connectivity index (χ0v) is 10.2. The van der Waals surface area contributed by atoms with E-state index in [0.29, 0.717) is 12.8 Å². The zero-order chi connectivity index (χ0) is 12.1. The molecule has 0 unspecified atom stereocenters. The Labute approximate surface area is 103 Å². The van der Waals surface area contributed by atoms with Crippen molar-refractivity contribution >= 4 is 17.3 Å². The second kappa shape index (κ2) is 5.54. The quantitative estimate of drug-likeness (QED) is 0.779. The molecule has 2 rings (SSSR count). The molecule has 0 aromatic carbocycles. The van der Waals surface area contributed by atoms with E-state index in [1.54, 1.807) is 23.7 Å². The Hall–Kier alpha value is -1.75. The molecule has 2 heterocycles. The minimum Gasteiger partial charge on any atom is -0.469 e. The van der Waals surface area contributed by atoms with Gasteiger partial charge < -0.3 is 4.74 Å². The van der Waals surface area contributed by atoms with E-state index in [4.69, 9.17) is 0 Å². The maximum absolute atomic E-state index is 11.0. The molecule has 4 nitrogen and oxygen atoms in total. The van der Waals surface area contributed by atoms with Crippen LogP contribution >= 0.6 is 11.3 Å². The monoisotopic (exact) mass is 248 g/mol. The standard InChI is InChI=1S/C12H12N2O2S/c1-16-11(15)5-4-10-8-17-12(14-10)9-3-2-6-13-7-9/h2-3,6-8H,4-5H2,1H3. The number of aryl methyl sites for hydroxylation is 1. The molecule has 0 atom stereocenters. The highest BCUT2D eigenvalue weighted by atomic mass is 32.1. The van der Waals surface area contributed by atoms with Gasteiger partial charge in [0, 0.05) is 29.8 Å². The topological polar surface area (TPSA) is 52.1 Å². The van der Waals surface area contributed by atoms with Crippen molar-refractivity contribution in [3.63, 3.8) is 0 Å². The molecule has 0 fully saturated rings. The molecule has 0 aliphatic heterocycles. The van der Waals surface area contributed by atoms with Crippen LogP contribution in [0.1, 0.15) is 12.1 Å². The van der Waals surface area contributed by atoms with E-state index in [1.165, 1.54) is 7.11 Å². The van der Waals surface area contributed by atoms with Crippen molar-refractivity contribution in [1.82, 2.24) is 9.97 Å². The number of hydrogen-bond donors (Lipinski definition) is 0. The van der Waals surface area contributed by atoms with E-state index in [1.807, 2.05) is 17.5 Å². The van der Waals surface area contributed by atoms with E-state index in [9.17, 15) is 4.79 Å². The predicted octanol–water partition coefficient (Wildman–Crippen LogP) is 2.31. The van der Waals surface area contributed by atoms with Gasteiger partial charge in [0.2, 0.25) is 0 Å². The number of ether oxygens (including phenoxy) is 1. The van der Waals surface area contributed by atoms with Crippen LogP contribution in [0.25, 0.3) is 10.6 Å². The molecule has 88 valence electrons.